The van der Waals surface area contributed by atoms with Gasteiger partial charge in [0.1, 0.15) is 0 Å². The average Bonchev–Trinajstić information content (AvgIpc) is 3.24. The summed E-state index contributed by atoms with van der Waals surface area (Å²) in [7, 11) is 0. The third kappa shape index (κ3) is 2.48. The summed E-state index contributed by atoms with van der Waals surface area (Å²) in [5, 5.41) is 4.12. The number of rotatable bonds is 3. The summed E-state index contributed by atoms with van der Waals surface area (Å²) >= 11 is 1.65. The Hall–Kier alpha value is -1.72. The zero-order valence-electron chi connectivity index (χ0n) is 13.3. The molecule has 0 bridgehead atoms. The number of hydrogen-bond acceptors (Lipinski definition) is 4. The predicted octanol–water partition coefficient (Wildman–Crippen LogP) is 3.02. The Balaban J connectivity index is 1.52. The number of carbonyl (C=O) groups excluding carboxylic acids is 1. The Bertz CT molecular complexity index is 688. The van der Waals surface area contributed by atoms with Crippen LogP contribution in [0.15, 0.2) is 41.4 Å². The molecule has 0 aliphatic carbocycles. The van der Waals surface area contributed by atoms with E-state index in [2.05, 4.69) is 40.4 Å². The molecule has 2 aromatic heterocycles. The van der Waals surface area contributed by atoms with Crippen LogP contribution >= 0.6 is 11.3 Å². The van der Waals surface area contributed by atoms with Gasteiger partial charge in [-0.3, -0.25) is 14.7 Å². The number of aromatic nitrogens is 1. The maximum atomic E-state index is 13.1. The zero-order chi connectivity index (χ0) is 15.9. The third-order valence-corrected chi connectivity index (χ3v) is 6.08. The Morgan fingerprint density at radius 1 is 1.35 bits per heavy atom. The van der Waals surface area contributed by atoms with Crippen molar-refractivity contribution < 1.29 is 4.79 Å². The molecule has 0 aromatic carbocycles. The third-order valence-electron chi connectivity index (χ3n) is 5.41. The number of anilines is 1. The summed E-state index contributed by atoms with van der Waals surface area (Å²) in [5.74, 6) is 0.723. The van der Waals surface area contributed by atoms with Crippen molar-refractivity contribution in [3.63, 3.8) is 0 Å². The van der Waals surface area contributed by atoms with Gasteiger partial charge in [-0.15, -0.1) is 0 Å². The summed E-state index contributed by atoms with van der Waals surface area (Å²) in [4.78, 5) is 21.6. The van der Waals surface area contributed by atoms with Crippen LogP contribution in [0.3, 0.4) is 0 Å². The number of likely N-dealkylation sites (tertiary alicyclic amines) is 1. The molecule has 2 aliphatic rings. The van der Waals surface area contributed by atoms with Crippen molar-refractivity contribution in [2.24, 2.45) is 11.3 Å². The fourth-order valence-electron chi connectivity index (χ4n) is 4.10. The molecule has 0 radical (unpaired) electrons. The molecule has 1 amide bonds. The normalized spacial score (nSPS) is 28.1. The molecular formula is C18H21N3OS. The lowest BCUT2D eigenvalue weighted by molar-refractivity contribution is -0.126. The first-order valence-corrected chi connectivity index (χ1v) is 9.09. The Morgan fingerprint density at radius 3 is 2.91 bits per heavy atom. The molecule has 1 spiro atoms. The molecule has 2 saturated heterocycles. The van der Waals surface area contributed by atoms with E-state index >= 15 is 0 Å². The van der Waals surface area contributed by atoms with Crippen LogP contribution in [0.2, 0.25) is 0 Å². The molecule has 0 unspecified atom stereocenters. The van der Waals surface area contributed by atoms with Gasteiger partial charge in [0.15, 0.2) is 0 Å². The van der Waals surface area contributed by atoms with Gasteiger partial charge in [-0.2, -0.15) is 11.3 Å². The fourth-order valence-corrected chi connectivity index (χ4v) is 4.74. The van der Waals surface area contributed by atoms with Gasteiger partial charge in [0.25, 0.3) is 0 Å². The first-order chi connectivity index (χ1) is 11.2. The molecule has 2 atom stereocenters. The first-order valence-electron chi connectivity index (χ1n) is 8.14. The second-order valence-corrected chi connectivity index (χ2v) is 7.55. The van der Waals surface area contributed by atoms with Gasteiger partial charge < -0.3 is 4.90 Å². The van der Waals surface area contributed by atoms with Crippen LogP contribution in [0.4, 0.5) is 5.69 Å². The largest absolute Gasteiger partial charge is 0.311 e. The molecule has 0 N–H and O–H groups in total. The summed E-state index contributed by atoms with van der Waals surface area (Å²) in [6.45, 7) is 5.85. The second-order valence-electron chi connectivity index (χ2n) is 6.77. The van der Waals surface area contributed by atoms with Gasteiger partial charge >= 0.3 is 0 Å². The molecule has 2 aromatic rings. The lowest BCUT2D eigenvalue weighted by Crippen LogP contribution is -2.39. The molecule has 4 rings (SSSR count). The van der Waals surface area contributed by atoms with Crippen molar-refractivity contribution in [3.05, 3.63) is 46.9 Å². The van der Waals surface area contributed by atoms with Crippen molar-refractivity contribution in [3.8, 4) is 0 Å². The molecule has 2 aliphatic heterocycles. The average molecular weight is 327 g/mol. The molecule has 23 heavy (non-hydrogen) atoms. The number of amides is 1. The summed E-state index contributed by atoms with van der Waals surface area (Å²) < 4.78 is 0. The smallest absolute Gasteiger partial charge is 0.234 e. The van der Waals surface area contributed by atoms with Crippen LogP contribution in [0.25, 0.3) is 0 Å². The van der Waals surface area contributed by atoms with E-state index in [1.165, 1.54) is 5.56 Å². The van der Waals surface area contributed by atoms with Crippen LogP contribution in [0.5, 0.6) is 0 Å². The van der Waals surface area contributed by atoms with E-state index in [1.807, 2.05) is 22.7 Å². The van der Waals surface area contributed by atoms with Crippen LogP contribution in [0.1, 0.15) is 18.9 Å². The first kappa shape index (κ1) is 14.8. The van der Waals surface area contributed by atoms with Crippen LogP contribution in [0, 0.1) is 11.3 Å². The minimum Gasteiger partial charge on any atom is -0.311 e. The maximum Gasteiger partial charge on any atom is 0.234 e. The van der Waals surface area contributed by atoms with E-state index in [-0.39, 0.29) is 5.41 Å². The molecule has 5 heteroatoms. The molecule has 0 saturated carbocycles. The molecule has 4 nitrogen and oxygen atoms in total. The Kier molecular flexibility index (Phi) is 3.70. The van der Waals surface area contributed by atoms with Crippen LogP contribution in [-0.2, 0) is 11.3 Å². The predicted molar refractivity (Wildman–Crippen MR) is 92.4 cm³/mol. The van der Waals surface area contributed by atoms with Crippen molar-refractivity contribution in [2.45, 2.75) is 19.9 Å². The number of pyridine rings is 1. The highest BCUT2D eigenvalue weighted by Crippen LogP contribution is 2.46. The number of thiophene rings is 1. The Labute approximate surface area is 140 Å². The van der Waals surface area contributed by atoms with Gasteiger partial charge in [-0.25, -0.2) is 0 Å². The monoisotopic (exact) mass is 327 g/mol. The number of carbonyl (C=O) groups is 1. The molecule has 2 fully saturated rings. The fraction of sp³-hybridized carbons (Fsp3) is 0.444. The van der Waals surface area contributed by atoms with Gasteiger partial charge in [0.2, 0.25) is 5.91 Å². The summed E-state index contributed by atoms with van der Waals surface area (Å²) in [5.41, 5.74) is 2.13. The van der Waals surface area contributed by atoms with E-state index in [0.717, 1.165) is 38.3 Å². The van der Waals surface area contributed by atoms with E-state index in [4.69, 9.17) is 0 Å². The van der Waals surface area contributed by atoms with Crippen molar-refractivity contribution in [1.29, 1.82) is 0 Å². The van der Waals surface area contributed by atoms with E-state index in [9.17, 15) is 4.79 Å². The van der Waals surface area contributed by atoms with E-state index < -0.39 is 0 Å². The molecule has 120 valence electrons. The quantitative estimate of drug-likeness (QED) is 0.869. The van der Waals surface area contributed by atoms with Crippen LogP contribution < -0.4 is 4.90 Å². The maximum absolute atomic E-state index is 13.1. The summed E-state index contributed by atoms with van der Waals surface area (Å²) in [6.07, 6.45) is 4.64. The Morgan fingerprint density at radius 2 is 2.17 bits per heavy atom. The highest BCUT2D eigenvalue weighted by Gasteiger charge is 2.55. The minimum absolute atomic E-state index is 0.199. The summed E-state index contributed by atoms with van der Waals surface area (Å²) in [6, 6.07) is 6.17. The topological polar surface area (TPSA) is 36.4 Å². The SMILES string of the molecule is C[C@@H]1CN(Cc2ccncc2)C[C@]12CCN(c1ccsc1)C2=O. The van der Waals surface area contributed by atoms with Gasteiger partial charge in [0, 0.05) is 44.0 Å². The number of hydrogen-bond donors (Lipinski definition) is 0. The number of nitrogens with zero attached hydrogens (tertiary/aromatic N) is 3. The van der Waals surface area contributed by atoms with E-state index in [1.54, 1.807) is 11.3 Å². The van der Waals surface area contributed by atoms with Crippen molar-refractivity contribution in [2.75, 3.05) is 24.5 Å². The van der Waals surface area contributed by atoms with Crippen LogP contribution in [-0.4, -0.2) is 35.4 Å². The minimum atomic E-state index is -0.199. The van der Waals surface area contributed by atoms with Gasteiger partial charge in [0.05, 0.1) is 11.1 Å². The lowest BCUT2D eigenvalue weighted by atomic mass is 9.78. The molecule has 4 heterocycles. The van der Waals surface area contributed by atoms with E-state index in [0.29, 0.717) is 11.8 Å². The zero-order valence-corrected chi connectivity index (χ0v) is 14.1. The second kappa shape index (κ2) is 5.73. The standard InChI is InChI=1S/C18H21N3OS/c1-14-10-20(11-15-2-6-19-7-3-15)13-18(14)5-8-21(17(18)22)16-4-9-23-12-16/h2-4,6-7,9,12,14H,5,8,10-11,13H2,1H3/t14-,18-/m1/s1. The van der Waals surface area contributed by atoms with Gasteiger partial charge in [-0.1, -0.05) is 6.92 Å². The highest BCUT2D eigenvalue weighted by molar-refractivity contribution is 7.08. The van der Waals surface area contributed by atoms with Gasteiger partial charge in [-0.05, 0) is 41.5 Å². The lowest BCUT2D eigenvalue weighted by Gasteiger charge is -2.26. The molecular weight excluding hydrogens is 306 g/mol. The van der Waals surface area contributed by atoms with Crippen molar-refractivity contribution in [1.82, 2.24) is 9.88 Å². The van der Waals surface area contributed by atoms with Crippen molar-refractivity contribution >= 4 is 22.9 Å². The highest BCUT2D eigenvalue weighted by atomic mass is 32.1.